The van der Waals surface area contributed by atoms with Crippen molar-refractivity contribution in [3.05, 3.63) is 139 Å². The predicted octanol–water partition coefficient (Wildman–Crippen LogP) is 10.8. The summed E-state index contributed by atoms with van der Waals surface area (Å²) in [6, 6.07) is 43.4. The minimum absolute atomic E-state index is 0. The number of aromatic nitrogens is 4. The van der Waals surface area contributed by atoms with Gasteiger partial charge in [-0.25, -0.2) is 4.98 Å². The van der Waals surface area contributed by atoms with Crippen LogP contribution in [0.15, 0.2) is 120 Å². The van der Waals surface area contributed by atoms with Crippen LogP contribution < -0.4 is 5.19 Å². The molecule has 0 aliphatic heterocycles. The Bertz CT molecular complexity index is 2440. The van der Waals surface area contributed by atoms with Gasteiger partial charge in [-0.3, -0.25) is 4.98 Å². The van der Waals surface area contributed by atoms with Gasteiger partial charge in [-0.2, -0.15) is 0 Å². The van der Waals surface area contributed by atoms with Crippen molar-refractivity contribution in [3.8, 4) is 28.3 Å². The van der Waals surface area contributed by atoms with Crippen LogP contribution in [-0.2, 0) is 26.5 Å². The average Bonchev–Trinajstić information content (AvgIpc) is 3.66. The summed E-state index contributed by atoms with van der Waals surface area (Å²) < 4.78 is 8.37. The molecule has 1 radical (unpaired) electrons. The third-order valence-electron chi connectivity index (χ3n) is 8.74. The van der Waals surface area contributed by atoms with Gasteiger partial charge in [0.2, 0.25) is 5.71 Å². The third-order valence-corrected chi connectivity index (χ3v) is 10.8. The van der Waals surface area contributed by atoms with Crippen LogP contribution in [0.1, 0.15) is 32.0 Å². The number of hydrogen-bond donors (Lipinski definition) is 0. The second kappa shape index (κ2) is 14.5. The first-order valence-corrected chi connectivity index (χ1v) is 20.7. The number of fused-ring (bicyclic) bond motifs is 4. The van der Waals surface area contributed by atoms with Gasteiger partial charge in [0.15, 0.2) is 0 Å². The van der Waals surface area contributed by atoms with E-state index in [9.17, 15) is 0 Å². The molecule has 0 saturated carbocycles. The number of imidazole rings is 1. The summed E-state index contributed by atoms with van der Waals surface area (Å²) in [6.07, 6.45) is 3.21. The molecule has 259 valence electrons. The molecule has 5 nitrogen and oxygen atoms in total. The Hall–Kier alpha value is -4.68. The monoisotopic (exact) mass is 863 g/mol. The van der Waals surface area contributed by atoms with E-state index in [2.05, 4.69) is 105 Å². The van der Waals surface area contributed by atoms with E-state index in [0.717, 1.165) is 67.8 Å². The molecule has 4 heterocycles. The summed E-state index contributed by atoms with van der Waals surface area (Å²) in [5.74, 6) is 0.804. The second-order valence-electron chi connectivity index (χ2n) is 15.1. The molecule has 0 fully saturated rings. The molecule has 0 amide bonds. The van der Waals surface area contributed by atoms with Gasteiger partial charge in [0.05, 0.1) is 30.5 Å². The van der Waals surface area contributed by atoms with Crippen molar-refractivity contribution < 1.29 is 24.5 Å². The molecule has 51 heavy (non-hydrogen) atoms. The normalized spacial score (nSPS) is 11.7. The number of furan rings is 1. The van der Waals surface area contributed by atoms with Crippen LogP contribution in [-0.4, -0.2) is 27.6 Å². The van der Waals surface area contributed by atoms with Crippen LogP contribution in [0.5, 0.6) is 0 Å². The Morgan fingerprint density at radius 1 is 0.784 bits per heavy atom. The molecule has 7 heteroatoms. The molecule has 0 atom stereocenters. The molecular weight excluding hydrogens is 821 g/mol. The summed E-state index contributed by atoms with van der Waals surface area (Å²) >= 11 is 0. The van der Waals surface area contributed by atoms with Gasteiger partial charge in [-0.15, -0.1) is 54.1 Å². The van der Waals surface area contributed by atoms with E-state index in [-0.39, 0.29) is 25.5 Å². The van der Waals surface area contributed by atoms with Crippen molar-refractivity contribution in [1.29, 1.82) is 0 Å². The van der Waals surface area contributed by atoms with Crippen molar-refractivity contribution in [2.24, 2.45) is 5.41 Å². The maximum absolute atomic E-state index is 6.21. The van der Waals surface area contributed by atoms with Crippen LogP contribution in [0.2, 0.25) is 19.6 Å². The van der Waals surface area contributed by atoms with Crippen molar-refractivity contribution in [3.63, 3.8) is 0 Å². The fourth-order valence-electron chi connectivity index (χ4n) is 6.50. The van der Waals surface area contributed by atoms with E-state index in [0.29, 0.717) is 5.71 Å². The van der Waals surface area contributed by atoms with E-state index in [1.807, 2.05) is 79.7 Å². The summed E-state index contributed by atoms with van der Waals surface area (Å²) in [4.78, 5) is 14.2. The summed E-state index contributed by atoms with van der Waals surface area (Å²) in [7, 11) is -1.37. The Morgan fingerprint density at radius 2 is 1.53 bits per heavy atom. The summed E-state index contributed by atoms with van der Waals surface area (Å²) in [5.41, 5.74) is 10.1. The number of pyridine rings is 2. The Morgan fingerprint density at radius 3 is 2.25 bits per heavy atom. The topological polar surface area (TPSA) is 56.7 Å². The van der Waals surface area contributed by atoms with Crippen molar-refractivity contribution >= 4 is 46.4 Å². The van der Waals surface area contributed by atoms with Gasteiger partial charge in [0.1, 0.15) is 0 Å². The Kier molecular flexibility index (Phi) is 10.3. The van der Waals surface area contributed by atoms with Gasteiger partial charge in [-0.1, -0.05) is 93.3 Å². The van der Waals surface area contributed by atoms with Crippen LogP contribution in [0.25, 0.3) is 61.4 Å². The molecule has 0 N–H and O–H groups in total. The summed E-state index contributed by atoms with van der Waals surface area (Å²) in [5, 5.41) is 3.51. The molecular formula is C44H42IrN4OSi-2. The largest absolute Gasteiger partial charge is 0.486 e. The van der Waals surface area contributed by atoms with E-state index < -0.39 is 8.07 Å². The minimum atomic E-state index is -1.37. The molecule has 0 aliphatic rings. The first-order chi connectivity index (χ1) is 24.0. The number of nitrogens with zero attached hydrogens (tertiary/aromatic N) is 4. The number of rotatable bonds is 5. The quantitative estimate of drug-likeness (QED) is 0.128. The van der Waals surface area contributed by atoms with Crippen molar-refractivity contribution in [1.82, 2.24) is 19.5 Å². The van der Waals surface area contributed by atoms with E-state index in [4.69, 9.17) is 14.4 Å². The number of para-hydroxylation sites is 3. The molecule has 8 rings (SSSR count). The number of aryl methyl sites for hydroxylation is 1. The van der Waals surface area contributed by atoms with Gasteiger partial charge in [-0.05, 0) is 66.0 Å². The Balaban J connectivity index is 0.000000182. The standard InChI is InChI=1S/C25H16N3O.C19H26NSi.Ir/c1-16-14-15-19-18-10-7-11-20(23(18)29-25(19)26-16)24-27-21-12-5-6-13-22(21)28(24)17-8-3-2-4-9-17;1-19(2,3)13-16-12-17(15-10-8-7-9-11-15)20-14-18(16)21(4,5)6;/h2-10,12-15H,1H3;7-10,12,14H,13H2,1-6H3;/q2*-1;. The molecule has 0 unspecified atom stereocenters. The second-order valence-corrected chi connectivity index (χ2v) is 20.1. The SMILES string of the molecule is CC(C)(C)Cc1cc(-c2[c-]cccc2)ncc1[Si](C)(C)C.Cc1ccc2c(n1)oc1c(-c3nc4ccccc4n3-c3ccccc3)[c-]ccc12.[Ir]. The first kappa shape index (κ1) is 36.1. The van der Waals surface area contributed by atoms with Crippen LogP contribution in [0.4, 0.5) is 0 Å². The number of hydrogen-bond acceptors (Lipinski definition) is 4. The molecule has 4 aromatic carbocycles. The van der Waals surface area contributed by atoms with Crippen LogP contribution in [0, 0.1) is 24.5 Å². The molecule has 0 bridgehead atoms. The van der Waals surface area contributed by atoms with Gasteiger partial charge in [0, 0.05) is 43.1 Å². The zero-order valence-corrected chi connectivity index (χ0v) is 33.6. The fraction of sp³-hybridized carbons (Fsp3) is 0.205. The molecule has 0 saturated heterocycles. The first-order valence-electron chi connectivity index (χ1n) is 17.2. The Labute approximate surface area is 315 Å². The zero-order valence-electron chi connectivity index (χ0n) is 30.2. The number of benzene rings is 4. The van der Waals surface area contributed by atoms with Gasteiger partial charge < -0.3 is 14.0 Å². The van der Waals surface area contributed by atoms with E-state index >= 15 is 0 Å². The smallest absolute Gasteiger partial charge is 0.216 e. The summed E-state index contributed by atoms with van der Waals surface area (Å²) in [6.45, 7) is 16.1. The maximum atomic E-state index is 6.21. The van der Waals surface area contributed by atoms with Crippen molar-refractivity contribution in [2.45, 2.75) is 53.8 Å². The molecule has 8 aromatic rings. The van der Waals surface area contributed by atoms with E-state index in [1.54, 1.807) is 0 Å². The maximum Gasteiger partial charge on any atom is 0.216 e. The average molecular weight is 863 g/mol. The molecule has 4 aromatic heterocycles. The fourth-order valence-corrected chi connectivity index (χ4v) is 8.08. The third kappa shape index (κ3) is 7.67. The molecule has 0 aliphatic carbocycles. The van der Waals surface area contributed by atoms with Crippen LogP contribution in [0.3, 0.4) is 0 Å². The molecule has 0 spiro atoms. The van der Waals surface area contributed by atoms with Gasteiger partial charge in [0.25, 0.3) is 0 Å². The van der Waals surface area contributed by atoms with Gasteiger partial charge >= 0.3 is 0 Å². The zero-order chi connectivity index (χ0) is 35.0. The predicted molar refractivity (Wildman–Crippen MR) is 210 cm³/mol. The van der Waals surface area contributed by atoms with Crippen molar-refractivity contribution in [2.75, 3.05) is 0 Å². The van der Waals surface area contributed by atoms with Crippen LogP contribution >= 0.6 is 0 Å². The minimum Gasteiger partial charge on any atom is -0.486 e. The van der Waals surface area contributed by atoms with E-state index in [1.165, 1.54) is 10.8 Å².